The van der Waals surface area contributed by atoms with Gasteiger partial charge in [0.05, 0.1) is 24.1 Å². The van der Waals surface area contributed by atoms with Crippen molar-refractivity contribution in [2.24, 2.45) is 23.7 Å². The number of anilines is 1. The molecular formula is C33H37N3O4. The molecule has 2 heterocycles. The van der Waals surface area contributed by atoms with Crippen molar-refractivity contribution in [3.63, 3.8) is 0 Å². The Kier molecular flexibility index (Phi) is 7.09. The van der Waals surface area contributed by atoms with Crippen molar-refractivity contribution in [2.45, 2.75) is 39.0 Å². The Morgan fingerprint density at radius 1 is 0.950 bits per heavy atom. The summed E-state index contributed by atoms with van der Waals surface area (Å²) in [6, 6.07) is 14.3. The minimum absolute atomic E-state index is 0.0317. The number of hydrogen-bond donors (Lipinski definition) is 1. The molecule has 4 atom stereocenters. The third-order valence-corrected chi connectivity index (χ3v) is 8.85. The molecule has 7 heteroatoms. The Bertz CT molecular complexity index is 1460. The number of nitrogens with one attached hydrogen (secondary N) is 1. The topological polar surface area (TPSA) is 82.7 Å². The second-order valence-electron chi connectivity index (χ2n) is 11.7. The second-order valence-corrected chi connectivity index (χ2v) is 11.7. The van der Waals surface area contributed by atoms with Crippen molar-refractivity contribution in [3.8, 4) is 0 Å². The number of carbonyl (C=O) groups is 3. The molecule has 3 aliphatic rings. The third kappa shape index (κ3) is 4.66. The van der Waals surface area contributed by atoms with Gasteiger partial charge in [-0.3, -0.25) is 14.5 Å². The summed E-state index contributed by atoms with van der Waals surface area (Å²) in [7, 11) is 4.06. The summed E-state index contributed by atoms with van der Waals surface area (Å²) in [5.41, 5.74) is 5.62. The fraction of sp³-hybridized carbons (Fsp3) is 0.424. The predicted molar refractivity (Wildman–Crippen MR) is 155 cm³/mol. The monoisotopic (exact) mass is 539 g/mol. The van der Waals surface area contributed by atoms with E-state index < -0.39 is 0 Å². The van der Waals surface area contributed by atoms with Gasteiger partial charge in [0.1, 0.15) is 5.69 Å². The SMILES string of the molecule is CCOC(=O)c1[nH]c2ccc(CCCc3ccc(N4C(=O)C5C(C4=O)[C@H]4C=C[C@@H]5C4)cc3)cc2c1CCN(C)C. The number of H-pyrrole nitrogens is 1. The smallest absolute Gasteiger partial charge is 0.355 e. The van der Waals surface area contributed by atoms with E-state index in [4.69, 9.17) is 4.74 Å². The van der Waals surface area contributed by atoms with Gasteiger partial charge in [0.25, 0.3) is 0 Å². The maximum absolute atomic E-state index is 13.1. The summed E-state index contributed by atoms with van der Waals surface area (Å²) in [4.78, 5) is 45.7. The number of carbonyl (C=O) groups excluding carboxylic acids is 3. The average molecular weight is 540 g/mol. The summed E-state index contributed by atoms with van der Waals surface area (Å²) in [5.74, 6) is -0.259. The average Bonchev–Trinajstić information content (AvgIpc) is 3.70. The van der Waals surface area contributed by atoms with Crippen molar-refractivity contribution < 1.29 is 19.1 Å². The van der Waals surface area contributed by atoms with Crippen molar-refractivity contribution >= 4 is 34.4 Å². The van der Waals surface area contributed by atoms with E-state index in [0.29, 0.717) is 18.0 Å². The highest BCUT2D eigenvalue weighted by Crippen LogP contribution is 2.53. The van der Waals surface area contributed by atoms with E-state index in [9.17, 15) is 14.4 Å². The molecule has 1 saturated heterocycles. The van der Waals surface area contributed by atoms with E-state index in [-0.39, 0.29) is 41.5 Å². The first-order valence-electron chi connectivity index (χ1n) is 14.5. The summed E-state index contributed by atoms with van der Waals surface area (Å²) in [6.45, 7) is 3.01. The lowest BCUT2D eigenvalue weighted by Gasteiger charge is -2.17. The molecule has 2 fully saturated rings. The first kappa shape index (κ1) is 26.5. The molecule has 2 amide bonds. The summed E-state index contributed by atoms with van der Waals surface area (Å²) in [6.07, 6.45) is 8.73. The minimum Gasteiger partial charge on any atom is -0.461 e. The number of fused-ring (bicyclic) bond motifs is 6. The molecule has 7 nitrogen and oxygen atoms in total. The van der Waals surface area contributed by atoms with E-state index in [2.05, 4.69) is 40.2 Å². The normalized spacial score (nSPS) is 23.1. The highest BCUT2D eigenvalue weighted by Gasteiger charge is 2.59. The van der Waals surface area contributed by atoms with Crippen LogP contribution in [0.15, 0.2) is 54.6 Å². The second kappa shape index (κ2) is 10.7. The molecule has 1 aliphatic heterocycles. The Hall–Kier alpha value is -3.71. The van der Waals surface area contributed by atoms with E-state index in [0.717, 1.165) is 55.1 Å². The molecule has 6 rings (SSSR count). The Labute approximate surface area is 235 Å². The van der Waals surface area contributed by atoms with Crippen LogP contribution in [-0.2, 0) is 33.6 Å². The first-order chi connectivity index (χ1) is 19.4. The zero-order chi connectivity index (χ0) is 28.0. The van der Waals surface area contributed by atoms with E-state index in [1.165, 1.54) is 16.0 Å². The number of hydrogen-bond acceptors (Lipinski definition) is 5. The van der Waals surface area contributed by atoms with Crippen LogP contribution >= 0.6 is 0 Å². The van der Waals surface area contributed by atoms with Crippen molar-refractivity contribution in [2.75, 3.05) is 32.1 Å². The van der Waals surface area contributed by atoms with Crippen LogP contribution in [-0.4, -0.2) is 54.9 Å². The molecule has 2 unspecified atom stereocenters. The number of ether oxygens (including phenoxy) is 1. The number of nitrogens with zero attached hydrogens (tertiary/aromatic N) is 2. The molecule has 208 valence electrons. The van der Waals surface area contributed by atoms with Crippen LogP contribution in [0, 0.1) is 23.7 Å². The van der Waals surface area contributed by atoms with Crippen LogP contribution in [0.4, 0.5) is 5.69 Å². The van der Waals surface area contributed by atoms with Crippen molar-refractivity contribution in [3.05, 3.63) is 77.0 Å². The zero-order valence-electron chi connectivity index (χ0n) is 23.5. The number of aromatic nitrogens is 1. The predicted octanol–water partition coefficient (Wildman–Crippen LogP) is 4.94. The zero-order valence-corrected chi connectivity index (χ0v) is 23.5. The minimum atomic E-state index is -0.304. The third-order valence-electron chi connectivity index (χ3n) is 8.85. The van der Waals surface area contributed by atoms with Gasteiger partial charge in [-0.05, 0) is 106 Å². The number of benzene rings is 2. The number of aromatic amines is 1. The highest BCUT2D eigenvalue weighted by atomic mass is 16.5. The summed E-state index contributed by atoms with van der Waals surface area (Å²) < 4.78 is 5.31. The molecule has 0 spiro atoms. The van der Waals surface area contributed by atoms with Gasteiger partial charge in [-0.25, -0.2) is 4.79 Å². The highest BCUT2D eigenvalue weighted by molar-refractivity contribution is 6.22. The number of amides is 2. The fourth-order valence-electron chi connectivity index (χ4n) is 6.89. The van der Waals surface area contributed by atoms with Crippen molar-refractivity contribution in [1.82, 2.24) is 9.88 Å². The molecule has 1 aromatic heterocycles. The lowest BCUT2D eigenvalue weighted by Crippen LogP contribution is -2.32. The molecular weight excluding hydrogens is 502 g/mol. The van der Waals surface area contributed by atoms with E-state index >= 15 is 0 Å². The molecule has 40 heavy (non-hydrogen) atoms. The molecule has 2 aromatic carbocycles. The van der Waals surface area contributed by atoms with Gasteiger partial charge < -0.3 is 14.6 Å². The van der Waals surface area contributed by atoms with Gasteiger partial charge in [-0.2, -0.15) is 0 Å². The van der Waals surface area contributed by atoms with Gasteiger partial charge >= 0.3 is 5.97 Å². The van der Waals surface area contributed by atoms with Gasteiger partial charge in [0, 0.05) is 17.4 Å². The molecule has 0 radical (unpaired) electrons. The summed E-state index contributed by atoms with van der Waals surface area (Å²) >= 11 is 0. The van der Waals surface area contributed by atoms with Crippen LogP contribution < -0.4 is 4.90 Å². The van der Waals surface area contributed by atoms with E-state index in [1.54, 1.807) is 0 Å². The molecule has 3 aromatic rings. The Morgan fingerprint density at radius 3 is 2.25 bits per heavy atom. The van der Waals surface area contributed by atoms with Crippen LogP contribution in [0.25, 0.3) is 10.9 Å². The Balaban J connectivity index is 1.11. The van der Waals surface area contributed by atoms with Gasteiger partial charge in [-0.15, -0.1) is 0 Å². The van der Waals surface area contributed by atoms with E-state index in [1.807, 2.05) is 45.3 Å². The fourth-order valence-corrected chi connectivity index (χ4v) is 6.89. The quantitative estimate of drug-likeness (QED) is 0.224. The van der Waals surface area contributed by atoms with Gasteiger partial charge in [0.15, 0.2) is 0 Å². The Morgan fingerprint density at radius 2 is 1.60 bits per heavy atom. The molecule has 2 aliphatic carbocycles. The van der Waals surface area contributed by atoms with Crippen LogP contribution in [0.5, 0.6) is 0 Å². The van der Waals surface area contributed by atoms with Crippen molar-refractivity contribution in [1.29, 1.82) is 0 Å². The number of aryl methyl sites for hydroxylation is 2. The number of rotatable bonds is 10. The van der Waals surface area contributed by atoms with Crippen LogP contribution in [0.2, 0.25) is 0 Å². The molecule has 1 N–H and O–H groups in total. The standard InChI is InChI=1S/C33H37N3O4/c1-4-40-33(39)30-25(16-17-35(2)3)26-18-21(10-15-27(26)34-30)7-5-6-20-8-13-24(14-9-20)36-31(37)28-22-11-12-23(19-22)29(28)32(36)38/h8-15,18,22-23,28-29,34H,4-7,16-17,19H2,1-3H3/t22-,23+,28?,29?. The van der Waals surface area contributed by atoms with Crippen LogP contribution in [0.1, 0.15) is 46.9 Å². The maximum atomic E-state index is 13.1. The lowest BCUT2D eigenvalue weighted by molar-refractivity contribution is -0.123. The van der Waals surface area contributed by atoms with Gasteiger partial charge in [-0.1, -0.05) is 30.4 Å². The largest absolute Gasteiger partial charge is 0.461 e. The molecule has 1 saturated carbocycles. The molecule has 2 bridgehead atoms. The number of allylic oxidation sites excluding steroid dienone is 2. The lowest BCUT2D eigenvalue weighted by atomic mass is 9.85. The number of likely N-dealkylation sites (N-methyl/N-ethyl adjacent to an activating group) is 1. The van der Waals surface area contributed by atoms with Gasteiger partial charge in [0.2, 0.25) is 11.8 Å². The van der Waals surface area contributed by atoms with Crippen LogP contribution in [0.3, 0.4) is 0 Å². The summed E-state index contributed by atoms with van der Waals surface area (Å²) in [5, 5.41) is 1.08. The maximum Gasteiger partial charge on any atom is 0.355 e. The first-order valence-corrected chi connectivity index (χ1v) is 14.5. The number of imide groups is 1. The number of esters is 1.